The first-order valence-corrected chi connectivity index (χ1v) is 9.61. The summed E-state index contributed by atoms with van der Waals surface area (Å²) in [6.45, 7) is 4.47. The van der Waals surface area contributed by atoms with Crippen molar-refractivity contribution in [2.24, 2.45) is 0 Å². The normalized spacial score (nSPS) is 14.6. The number of hydrogen-bond acceptors (Lipinski definition) is 4. The van der Waals surface area contributed by atoms with Gasteiger partial charge in [0.25, 0.3) is 5.91 Å². The number of rotatable bonds is 5. The summed E-state index contributed by atoms with van der Waals surface area (Å²) in [5, 5.41) is 17.2. The van der Waals surface area contributed by atoms with E-state index in [1.807, 2.05) is 23.7 Å². The van der Waals surface area contributed by atoms with E-state index in [1.54, 1.807) is 0 Å². The highest BCUT2D eigenvalue weighted by atomic mass is 35.5. The number of aromatic nitrogens is 3. The first kappa shape index (κ1) is 20.3. The predicted molar refractivity (Wildman–Crippen MR) is 113 cm³/mol. The molecule has 3 aromatic rings. The molecule has 7 heteroatoms. The number of carbonyl (C=O) groups excluding carboxylic acids is 1. The third-order valence-electron chi connectivity index (χ3n) is 5.36. The van der Waals surface area contributed by atoms with Crippen LogP contribution in [0.15, 0.2) is 42.5 Å². The van der Waals surface area contributed by atoms with Crippen LogP contribution in [0.25, 0.3) is 10.8 Å². The molecular formula is C21H26ClN5O. The number of carbonyl (C=O) groups is 1. The van der Waals surface area contributed by atoms with E-state index >= 15 is 0 Å². The van der Waals surface area contributed by atoms with Crippen molar-refractivity contribution in [3.63, 3.8) is 0 Å². The van der Waals surface area contributed by atoms with Gasteiger partial charge in [-0.25, -0.2) is 4.68 Å². The summed E-state index contributed by atoms with van der Waals surface area (Å²) >= 11 is 0. The lowest BCUT2D eigenvalue weighted by molar-refractivity contribution is 0.0948. The summed E-state index contributed by atoms with van der Waals surface area (Å²) < 4.78 is 1.92. The first-order valence-electron chi connectivity index (χ1n) is 9.61. The number of nitrogens with zero attached hydrogens (tertiary/aromatic N) is 3. The summed E-state index contributed by atoms with van der Waals surface area (Å²) in [5.41, 5.74) is 2.53. The van der Waals surface area contributed by atoms with Crippen molar-refractivity contribution in [2.75, 3.05) is 19.6 Å². The lowest BCUT2D eigenvalue weighted by Crippen LogP contribution is -2.30. The molecular weight excluding hydrogens is 374 g/mol. The molecule has 6 nitrogen and oxygen atoms in total. The second-order valence-electron chi connectivity index (χ2n) is 7.09. The number of amides is 1. The number of halogens is 1. The molecule has 1 fully saturated rings. The SMILES string of the molecule is Cc1c(C(=O)NCCc2cccc3ccccc23)nnn1C1CCNCC1.Cl. The molecule has 0 bridgehead atoms. The maximum absolute atomic E-state index is 12.6. The minimum atomic E-state index is -0.145. The van der Waals surface area contributed by atoms with Crippen LogP contribution in [0.2, 0.25) is 0 Å². The molecule has 2 aromatic carbocycles. The van der Waals surface area contributed by atoms with Crippen LogP contribution in [0, 0.1) is 6.92 Å². The van der Waals surface area contributed by atoms with E-state index in [1.165, 1.54) is 16.3 Å². The van der Waals surface area contributed by atoms with Gasteiger partial charge in [0.05, 0.1) is 11.7 Å². The maximum Gasteiger partial charge on any atom is 0.273 e. The van der Waals surface area contributed by atoms with Crippen LogP contribution < -0.4 is 10.6 Å². The van der Waals surface area contributed by atoms with E-state index in [9.17, 15) is 4.79 Å². The van der Waals surface area contributed by atoms with Crippen molar-refractivity contribution in [1.82, 2.24) is 25.6 Å². The fourth-order valence-electron chi connectivity index (χ4n) is 3.85. The Morgan fingerprint density at radius 1 is 1.18 bits per heavy atom. The molecule has 1 saturated heterocycles. The standard InChI is InChI=1S/C21H25N5O.ClH/c1-15-20(24-25-26(15)18-10-12-22-13-11-18)21(27)23-14-9-17-7-4-6-16-5-2-3-8-19(16)17;/h2-8,18,22H,9-14H2,1H3,(H,23,27);1H. The van der Waals surface area contributed by atoms with Crippen molar-refractivity contribution in [2.45, 2.75) is 32.2 Å². The largest absolute Gasteiger partial charge is 0.350 e. The van der Waals surface area contributed by atoms with Crippen LogP contribution in [-0.4, -0.2) is 40.5 Å². The second kappa shape index (κ2) is 9.17. The molecule has 4 rings (SSSR count). The Hall–Kier alpha value is -2.44. The van der Waals surface area contributed by atoms with Crippen LogP contribution in [0.4, 0.5) is 0 Å². The molecule has 1 aliphatic heterocycles. The predicted octanol–water partition coefficient (Wildman–Crippen LogP) is 3.06. The molecule has 0 aliphatic carbocycles. The van der Waals surface area contributed by atoms with Crippen molar-refractivity contribution >= 4 is 29.1 Å². The molecule has 1 aromatic heterocycles. The zero-order chi connectivity index (χ0) is 18.6. The van der Waals surface area contributed by atoms with Gasteiger partial charge in [0.1, 0.15) is 0 Å². The van der Waals surface area contributed by atoms with Gasteiger partial charge in [0.2, 0.25) is 0 Å². The van der Waals surface area contributed by atoms with Gasteiger partial charge in [0.15, 0.2) is 5.69 Å². The van der Waals surface area contributed by atoms with E-state index in [-0.39, 0.29) is 18.3 Å². The highest BCUT2D eigenvalue weighted by molar-refractivity contribution is 5.93. The van der Waals surface area contributed by atoms with Crippen LogP contribution in [0.3, 0.4) is 0 Å². The third-order valence-corrected chi connectivity index (χ3v) is 5.36. The summed E-state index contributed by atoms with van der Waals surface area (Å²) in [6, 6.07) is 15.0. The monoisotopic (exact) mass is 399 g/mol. The van der Waals surface area contributed by atoms with E-state index in [4.69, 9.17) is 0 Å². The summed E-state index contributed by atoms with van der Waals surface area (Å²) in [6.07, 6.45) is 2.83. The van der Waals surface area contributed by atoms with Crippen LogP contribution >= 0.6 is 12.4 Å². The summed E-state index contributed by atoms with van der Waals surface area (Å²) in [4.78, 5) is 12.6. The molecule has 0 radical (unpaired) electrons. The van der Waals surface area contributed by atoms with Gasteiger partial charge < -0.3 is 10.6 Å². The molecule has 0 saturated carbocycles. The lowest BCUT2D eigenvalue weighted by atomic mass is 10.0. The number of piperidine rings is 1. The van der Waals surface area contributed by atoms with Crippen molar-refractivity contribution in [3.05, 3.63) is 59.4 Å². The quantitative estimate of drug-likeness (QED) is 0.691. The zero-order valence-corrected chi connectivity index (χ0v) is 16.8. The van der Waals surface area contributed by atoms with E-state index < -0.39 is 0 Å². The van der Waals surface area contributed by atoms with E-state index in [0.717, 1.165) is 38.0 Å². The molecule has 28 heavy (non-hydrogen) atoms. The summed E-state index contributed by atoms with van der Waals surface area (Å²) in [5.74, 6) is -0.145. The Morgan fingerprint density at radius 2 is 1.93 bits per heavy atom. The Bertz CT molecular complexity index is 944. The van der Waals surface area contributed by atoms with Gasteiger partial charge in [-0.2, -0.15) is 0 Å². The number of hydrogen-bond donors (Lipinski definition) is 2. The minimum absolute atomic E-state index is 0. The first-order chi connectivity index (χ1) is 13.2. The van der Waals surface area contributed by atoms with Gasteiger partial charge in [-0.05, 0) is 55.6 Å². The number of benzene rings is 2. The Labute approximate surface area is 171 Å². The van der Waals surface area contributed by atoms with Crippen molar-refractivity contribution in [3.8, 4) is 0 Å². The van der Waals surface area contributed by atoms with Gasteiger partial charge in [0, 0.05) is 6.54 Å². The highest BCUT2D eigenvalue weighted by Gasteiger charge is 2.22. The fraction of sp³-hybridized carbons (Fsp3) is 0.381. The van der Waals surface area contributed by atoms with Crippen LogP contribution in [-0.2, 0) is 6.42 Å². The molecule has 1 amide bonds. The Morgan fingerprint density at radius 3 is 2.75 bits per heavy atom. The van der Waals surface area contributed by atoms with Crippen LogP contribution in [0.5, 0.6) is 0 Å². The fourth-order valence-corrected chi connectivity index (χ4v) is 3.85. The van der Waals surface area contributed by atoms with Gasteiger partial charge in [-0.15, -0.1) is 17.5 Å². The van der Waals surface area contributed by atoms with E-state index in [0.29, 0.717) is 18.3 Å². The molecule has 148 valence electrons. The van der Waals surface area contributed by atoms with Gasteiger partial charge in [-0.1, -0.05) is 47.7 Å². The average Bonchev–Trinajstić information content (AvgIpc) is 3.10. The van der Waals surface area contributed by atoms with Crippen molar-refractivity contribution < 1.29 is 4.79 Å². The second-order valence-corrected chi connectivity index (χ2v) is 7.09. The van der Waals surface area contributed by atoms with Gasteiger partial charge >= 0.3 is 0 Å². The average molecular weight is 400 g/mol. The maximum atomic E-state index is 12.6. The Kier molecular flexibility index (Phi) is 6.65. The molecule has 0 spiro atoms. The van der Waals surface area contributed by atoms with E-state index in [2.05, 4.69) is 51.3 Å². The smallest absolute Gasteiger partial charge is 0.273 e. The topological polar surface area (TPSA) is 71.8 Å². The minimum Gasteiger partial charge on any atom is -0.350 e. The van der Waals surface area contributed by atoms with Crippen LogP contribution in [0.1, 0.15) is 40.6 Å². The lowest BCUT2D eigenvalue weighted by Gasteiger charge is -2.23. The zero-order valence-electron chi connectivity index (χ0n) is 16.0. The number of nitrogens with one attached hydrogen (secondary N) is 2. The Balaban J connectivity index is 0.00000225. The number of fused-ring (bicyclic) bond motifs is 1. The molecule has 0 unspecified atom stereocenters. The molecule has 2 heterocycles. The molecule has 1 aliphatic rings. The molecule has 0 atom stereocenters. The summed E-state index contributed by atoms with van der Waals surface area (Å²) in [7, 11) is 0. The third kappa shape index (κ3) is 4.18. The van der Waals surface area contributed by atoms with Gasteiger partial charge in [-0.3, -0.25) is 4.79 Å². The highest BCUT2D eigenvalue weighted by Crippen LogP contribution is 2.21. The molecule has 2 N–H and O–H groups in total. The van der Waals surface area contributed by atoms with Crippen molar-refractivity contribution in [1.29, 1.82) is 0 Å².